The van der Waals surface area contributed by atoms with Gasteiger partial charge in [0.05, 0.1) is 17.4 Å². The third-order valence-electron chi connectivity index (χ3n) is 6.82. The number of hydrazone groups is 1. The zero-order chi connectivity index (χ0) is 24.2. The molecular formula is C32H38N2. The Morgan fingerprint density at radius 3 is 1.62 bits per heavy atom. The number of rotatable bonds is 7. The zero-order valence-corrected chi connectivity index (χ0v) is 21.5. The van der Waals surface area contributed by atoms with Gasteiger partial charge in [-0.1, -0.05) is 108 Å². The standard InChI is InChI=1S/C32H38N2/c1-22(2)26-10-7-25(8-11-26)9-18-30-21-32(29-14-12-27(13-15-29)23(3)4)34(33-30)31-19-16-28(17-20-31)24(5)6/h7-20,22-24,32H,21H2,1-6H3. The van der Waals surface area contributed by atoms with Gasteiger partial charge < -0.3 is 0 Å². The number of benzene rings is 3. The number of hydrogen-bond acceptors (Lipinski definition) is 2. The normalized spacial score (nSPS) is 16.3. The van der Waals surface area contributed by atoms with Crippen LogP contribution in [0, 0.1) is 0 Å². The van der Waals surface area contributed by atoms with Crippen LogP contribution in [0.3, 0.4) is 0 Å². The summed E-state index contributed by atoms with van der Waals surface area (Å²) < 4.78 is 0. The maximum atomic E-state index is 5.07. The summed E-state index contributed by atoms with van der Waals surface area (Å²) in [5.74, 6) is 1.61. The van der Waals surface area contributed by atoms with Crippen molar-refractivity contribution in [3.05, 3.63) is 107 Å². The number of anilines is 1. The summed E-state index contributed by atoms with van der Waals surface area (Å²) in [6, 6.07) is 27.0. The average Bonchev–Trinajstić information content (AvgIpc) is 3.27. The summed E-state index contributed by atoms with van der Waals surface area (Å²) >= 11 is 0. The third-order valence-corrected chi connectivity index (χ3v) is 6.82. The van der Waals surface area contributed by atoms with E-state index in [1.807, 2.05) is 0 Å². The highest BCUT2D eigenvalue weighted by atomic mass is 15.5. The summed E-state index contributed by atoms with van der Waals surface area (Å²) in [5, 5.41) is 7.28. The number of hydrogen-bond donors (Lipinski definition) is 0. The molecule has 3 aromatic rings. The van der Waals surface area contributed by atoms with Gasteiger partial charge in [0.1, 0.15) is 0 Å². The van der Waals surface area contributed by atoms with E-state index in [2.05, 4.69) is 131 Å². The highest BCUT2D eigenvalue weighted by molar-refractivity contribution is 6.01. The Kier molecular flexibility index (Phi) is 7.36. The first kappa shape index (κ1) is 24.0. The maximum Gasteiger partial charge on any atom is 0.0831 e. The van der Waals surface area contributed by atoms with Crippen LogP contribution in [0.25, 0.3) is 6.08 Å². The van der Waals surface area contributed by atoms with Crippen LogP contribution in [0.5, 0.6) is 0 Å². The van der Waals surface area contributed by atoms with E-state index in [-0.39, 0.29) is 6.04 Å². The molecule has 1 aliphatic heterocycles. The molecule has 1 unspecified atom stereocenters. The maximum absolute atomic E-state index is 5.07. The highest BCUT2D eigenvalue weighted by Crippen LogP contribution is 2.36. The molecule has 0 aliphatic carbocycles. The van der Waals surface area contributed by atoms with Gasteiger partial charge in [-0.05, 0) is 63.8 Å². The quantitative estimate of drug-likeness (QED) is 0.350. The molecule has 0 radical (unpaired) electrons. The van der Waals surface area contributed by atoms with E-state index in [9.17, 15) is 0 Å². The Morgan fingerprint density at radius 2 is 1.12 bits per heavy atom. The lowest BCUT2D eigenvalue weighted by Gasteiger charge is -2.25. The minimum absolute atomic E-state index is 0.203. The number of nitrogens with zero attached hydrogens (tertiary/aromatic N) is 2. The van der Waals surface area contributed by atoms with E-state index >= 15 is 0 Å². The van der Waals surface area contributed by atoms with Gasteiger partial charge >= 0.3 is 0 Å². The molecule has 176 valence electrons. The Bertz CT molecular complexity index is 1130. The molecule has 0 N–H and O–H groups in total. The van der Waals surface area contributed by atoms with Gasteiger partial charge in [0.15, 0.2) is 0 Å². The van der Waals surface area contributed by atoms with E-state index < -0.39 is 0 Å². The van der Waals surface area contributed by atoms with Crippen molar-refractivity contribution in [3.8, 4) is 0 Å². The van der Waals surface area contributed by atoms with E-state index in [1.54, 1.807) is 0 Å². The largest absolute Gasteiger partial charge is 0.257 e. The first-order valence-corrected chi connectivity index (χ1v) is 12.7. The second kappa shape index (κ2) is 10.4. The van der Waals surface area contributed by atoms with Gasteiger partial charge in [-0.15, -0.1) is 0 Å². The molecule has 1 atom stereocenters. The van der Waals surface area contributed by atoms with Crippen LogP contribution in [0.1, 0.15) is 99.6 Å². The fraction of sp³-hybridized carbons (Fsp3) is 0.344. The fourth-order valence-electron chi connectivity index (χ4n) is 4.43. The number of allylic oxidation sites excluding steroid dienone is 1. The third kappa shape index (κ3) is 5.50. The van der Waals surface area contributed by atoms with E-state index in [4.69, 9.17) is 5.10 Å². The molecule has 0 bridgehead atoms. The SMILES string of the molecule is CC(C)c1ccc(C=CC2=NN(c3ccc(C(C)C)cc3)C(c3ccc(C(C)C)cc3)C2)cc1. The van der Waals surface area contributed by atoms with Crippen molar-refractivity contribution in [3.63, 3.8) is 0 Å². The van der Waals surface area contributed by atoms with Gasteiger partial charge in [0, 0.05) is 6.42 Å². The second-order valence-corrected chi connectivity index (χ2v) is 10.4. The van der Waals surface area contributed by atoms with Gasteiger partial charge in [-0.2, -0.15) is 5.10 Å². The molecule has 34 heavy (non-hydrogen) atoms. The molecule has 1 aliphatic rings. The lowest BCUT2D eigenvalue weighted by atomic mass is 9.96. The molecule has 0 saturated carbocycles. The van der Waals surface area contributed by atoms with Crippen LogP contribution >= 0.6 is 0 Å². The van der Waals surface area contributed by atoms with Crippen molar-refractivity contribution in [2.75, 3.05) is 5.01 Å². The molecule has 0 amide bonds. The van der Waals surface area contributed by atoms with Crippen LogP contribution in [0.2, 0.25) is 0 Å². The monoisotopic (exact) mass is 450 g/mol. The van der Waals surface area contributed by atoms with Crippen molar-refractivity contribution in [2.45, 2.75) is 71.8 Å². The summed E-state index contributed by atoms with van der Waals surface area (Å²) in [5.41, 5.74) is 8.88. The molecule has 3 aromatic carbocycles. The molecule has 2 nitrogen and oxygen atoms in total. The molecule has 0 spiro atoms. The van der Waals surface area contributed by atoms with Crippen molar-refractivity contribution >= 4 is 17.5 Å². The Labute approximate surface area is 206 Å². The van der Waals surface area contributed by atoms with Gasteiger partial charge in [0.25, 0.3) is 0 Å². The summed E-state index contributed by atoms with van der Waals surface area (Å²) in [4.78, 5) is 0. The van der Waals surface area contributed by atoms with Crippen molar-refractivity contribution in [1.29, 1.82) is 0 Å². The first-order chi connectivity index (χ1) is 16.3. The highest BCUT2D eigenvalue weighted by Gasteiger charge is 2.28. The molecule has 2 heteroatoms. The van der Waals surface area contributed by atoms with Gasteiger partial charge in [0.2, 0.25) is 0 Å². The fourth-order valence-corrected chi connectivity index (χ4v) is 4.43. The Morgan fingerprint density at radius 1 is 0.647 bits per heavy atom. The lowest BCUT2D eigenvalue weighted by Crippen LogP contribution is -2.18. The summed E-state index contributed by atoms with van der Waals surface area (Å²) in [6.45, 7) is 13.4. The predicted molar refractivity (Wildman–Crippen MR) is 148 cm³/mol. The molecule has 0 fully saturated rings. The van der Waals surface area contributed by atoms with Crippen LogP contribution in [-0.4, -0.2) is 5.71 Å². The van der Waals surface area contributed by atoms with Gasteiger partial charge in [-0.25, -0.2) is 0 Å². The van der Waals surface area contributed by atoms with Crippen LogP contribution in [0.4, 0.5) is 5.69 Å². The molecule has 0 saturated heterocycles. The molecular weight excluding hydrogens is 412 g/mol. The lowest BCUT2D eigenvalue weighted by molar-refractivity contribution is 0.707. The Hall–Kier alpha value is -3.13. The second-order valence-electron chi connectivity index (χ2n) is 10.4. The first-order valence-electron chi connectivity index (χ1n) is 12.7. The van der Waals surface area contributed by atoms with Gasteiger partial charge in [-0.3, -0.25) is 5.01 Å². The molecule has 0 aromatic heterocycles. The topological polar surface area (TPSA) is 15.6 Å². The van der Waals surface area contributed by atoms with E-state index in [1.165, 1.54) is 27.8 Å². The van der Waals surface area contributed by atoms with E-state index in [0.717, 1.165) is 17.8 Å². The van der Waals surface area contributed by atoms with Crippen LogP contribution in [0.15, 0.2) is 84.0 Å². The zero-order valence-electron chi connectivity index (χ0n) is 21.5. The minimum Gasteiger partial charge on any atom is -0.257 e. The molecule has 1 heterocycles. The van der Waals surface area contributed by atoms with Crippen LogP contribution in [-0.2, 0) is 0 Å². The van der Waals surface area contributed by atoms with E-state index in [0.29, 0.717) is 17.8 Å². The van der Waals surface area contributed by atoms with Crippen LogP contribution < -0.4 is 5.01 Å². The molecule has 4 rings (SSSR count). The summed E-state index contributed by atoms with van der Waals surface area (Å²) in [7, 11) is 0. The van der Waals surface area contributed by atoms with Crippen molar-refractivity contribution in [1.82, 2.24) is 0 Å². The van der Waals surface area contributed by atoms with Crippen molar-refractivity contribution < 1.29 is 0 Å². The average molecular weight is 451 g/mol. The predicted octanol–water partition coefficient (Wildman–Crippen LogP) is 9.08. The van der Waals surface area contributed by atoms with Crippen molar-refractivity contribution in [2.24, 2.45) is 5.10 Å². The summed E-state index contributed by atoms with van der Waals surface area (Å²) in [6.07, 6.45) is 5.27. The minimum atomic E-state index is 0.203. The smallest absolute Gasteiger partial charge is 0.0831 e. The Balaban J connectivity index is 1.61.